The van der Waals surface area contributed by atoms with Crippen molar-refractivity contribution in [3.05, 3.63) is 0 Å². The molecule has 0 N–H and O–H groups in total. The van der Waals surface area contributed by atoms with Crippen LogP contribution in [-0.2, 0) is 14.4 Å². The lowest BCUT2D eigenvalue weighted by atomic mass is 9.89. The zero-order chi connectivity index (χ0) is 11.4. The van der Waals surface area contributed by atoms with Crippen molar-refractivity contribution in [3.8, 4) is 0 Å². The minimum atomic E-state index is -0.0888. The second-order valence-electron chi connectivity index (χ2n) is 4.71. The highest BCUT2D eigenvalue weighted by Gasteiger charge is 2.26. The Morgan fingerprint density at radius 3 is 2.38 bits per heavy atom. The molecule has 4 heteroatoms. The third-order valence-corrected chi connectivity index (χ3v) is 3.44. The molecule has 0 radical (unpaired) electrons. The molecule has 4 nitrogen and oxygen atoms in total. The van der Waals surface area contributed by atoms with Crippen LogP contribution in [0.4, 0.5) is 0 Å². The fourth-order valence-electron chi connectivity index (χ4n) is 2.37. The minimum Gasteiger partial charge on any atom is -0.368 e. The normalized spacial score (nSPS) is 24.4. The fourth-order valence-corrected chi connectivity index (χ4v) is 2.37. The van der Waals surface area contributed by atoms with Crippen LogP contribution >= 0.6 is 0 Å². The van der Waals surface area contributed by atoms with Crippen LogP contribution in [0.3, 0.4) is 0 Å². The average molecular weight is 225 g/mol. The van der Waals surface area contributed by atoms with Crippen LogP contribution in [0.1, 0.15) is 44.9 Å². The van der Waals surface area contributed by atoms with Gasteiger partial charge < -0.3 is 4.84 Å². The van der Waals surface area contributed by atoms with Crippen LogP contribution in [-0.4, -0.2) is 29.9 Å². The average Bonchev–Trinajstić information content (AvgIpc) is 2.33. The van der Waals surface area contributed by atoms with Gasteiger partial charge >= 0.3 is 5.97 Å². The van der Waals surface area contributed by atoms with Gasteiger partial charge in [-0.05, 0) is 12.8 Å². The highest BCUT2D eigenvalue weighted by molar-refractivity contribution is 5.79. The monoisotopic (exact) mass is 225 g/mol. The lowest BCUT2D eigenvalue weighted by Gasteiger charge is -2.27. The SMILES string of the molecule is O=C1CCN(OC(=O)C2CCCCC2)CC1. The van der Waals surface area contributed by atoms with Crippen molar-refractivity contribution in [2.24, 2.45) is 5.92 Å². The molecule has 16 heavy (non-hydrogen) atoms. The summed E-state index contributed by atoms with van der Waals surface area (Å²) in [6.07, 6.45) is 6.46. The molecule has 2 fully saturated rings. The third-order valence-electron chi connectivity index (χ3n) is 3.44. The van der Waals surface area contributed by atoms with Crippen LogP contribution in [0.5, 0.6) is 0 Å². The van der Waals surface area contributed by atoms with Crippen LogP contribution < -0.4 is 0 Å². The van der Waals surface area contributed by atoms with Gasteiger partial charge in [-0.25, -0.2) is 0 Å². The molecule has 2 aliphatic rings. The van der Waals surface area contributed by atoms with Gasteiger partial charge in [-0.1, -0.05) is 19.3 Å². The molecule has 0 aromatic rings. The molecule has 0 unspecified atom stereocenters. The van der Waals surface area contributed by atoms with Gasteiger partial charge in [0, 0.05) is 25.9 Å². The zero-order valence-electron chi connectivity index (χ0n) is 9.61. The zero-order valence-corrected chi connectivity index (χ0v) is 9.61. The summed E-state index contributed by atoms with van der Waals surface area (Å²) in [7, 11) is 0. The first-order valence-corrected chi connectivity index (χ1v) is 6.24. The van der Waals surface area contributed by atoms with Crippen LogP contribution in [0.2, 0.25) is 0 Å². The van der Waals surface area contributed by atoms with Gasteiger partial charge in [0.05, 0.1) is 5.92 Å². The van der Waals surface area contributed by atoms with E-state index in [1.165, 1.54) is 6.42 Å². The molecule has 1 heterocycles. The maximum Gasteiger partial charge on any atom is 0.328 e. The second-order valence-corrected chi connectivity index (χ2v) is 4.71. The Balaban J connectivity index is 1.75. The molecule has 0 amide bonds. The van der Waals surface area contributed by atoms with E-state index in [9.17, 15) is 9.59 Å². The Labute approximate surface area is 95.9 Å². The summed E-state index contributed by atoms with van der Waals surface area (Å²) >= 11 is 0. The number of hydroxylamine groups is 2. The van der Waals surface area contributed by atoms with Crippen molar-refractivity contribution in [1.29, 1.82) is 0 Å². The molecule has 0 aromatic carbocycles. The van der Waals surface area contributed by atoms with E-state index >= 15 is 0 Å². The number of carbonyl (C=O) groups is 2. The molecular weight excluding hydrogens is 206 g/mol. The molecular formula is C12H19NO3. The van der Waals surface area contributed by atoms with Gasteiger partial charge in [-0.15, -0.1) is 5.06 Å². The van der Waals surface area contributed by atoms with Crippen molar-refractivity contribution in [1.82, 2.24) is 5.06 Å². The predicted molar refractivity (Wildman–Crippen MR) is 58.5 cm³/mol. The van der Waals surface area contributed by atoms with E-state index in [1.807, 2.05) is 0 Å². The third kappa shape index (κ3) is 3.04. The first-order valence-electron chi connectivity index (χ1n) is 6.24. The molecule has 0 spiro atoms. The Morgan fingerprint density at radius 2 is 1.75 bits per heavy atom. The number of nitrogens with zero attached hydrogens (tertiary/aromatic N) is 1. The molecule has 1 aliphatic heterocycles. The van der Waals surface area contributed by atoms with E-state index in [0.29, 0.717) is 25.9 Å². The van der Waals surface area contributed by atoms with Crippen molar-refractivity contribution in [2.75, 3.05) is 13.1 Å². The Hall–Kier alpha value is -0.900. The lowest BCUT2D eigenvalue weighted by Crippen LogP contribution is -2.37. The van der Waals surface area contributed by atoms with E-state index in [1.54, 1.807) is 5.06 Å². The summed E-state index contributed by atoms with van der Waals surface area (Å²) in [4.78, 5) is 28.1. The summed E-state index contributed by atoms with van der Waals surface area (Å²) in [6, 6.07) is 0. The van der Waals surface area contributed by atoms with Crippen LogP contribution in [0.15, 0.2) is 0 Å². The van der Waals surface area contributed by atoms with Gasteiger partial charge in [0.15, 0.2) is 0 Å². The highest BCUT2D eigenvalue weighted by Crippen LogP contribution is 2.25. The number of piperidine rings is 1. The van der Waals surface area contributed by atoms with Gasteiger partial charge in [0.25, 0.3) is 0 Å². The second kappa shape index (κ2) is 5.43. The highest BCUT2D eigenvalue weighted by atomic mass is 16.7. The molecule has 0 atom stereocenters. The summed E-state index contributed by atoms with van der Waals surface area (Å²) in [5.41, 5.74) is 0. The summed E-state index contributed by atoms with van der Waals surface area (Å²) in [5, 5.41) is 1.65. The molecule has 1 saturated heterocycles. The van der Waals surface area contributed by atoms with Crippen molar-refractivity contribution in [2.45, 2.75) is 44.9 Å². The predicted octanol–water partition coefficient (Wildman–Crippen LogP) is 1.69. The van der Waals surface area contributed by atoms with Crippen LogP contribution in [0, 0.1) is 5.92 Å². The number of Topliss-reactive ketones (excluding diaryl/α,β-unsaturated/α-hetero) is 1. The number of ketones is 1. The molecule has 0 bridgehead atoms. The number of hydrogen-bond acceptors (Lipinski definition) is 4. The van der Waals surface area contributed by atoms with Gasteiger partial charge in [0.2, 0.25) is 0 Å². The maximum atomic E-state index is 11.8. The van der Waals surface area contributed by atoms with E-state index in [2.05, 4.69) is 0 Å². The Bertz CT molecular complexity index is 261. The molecule has 1 aliphatic carbocycles. The topological polar surface area (TPSA) is 46.6 Å². The van der Waals surface area contributed by atoms with E-state index < -0.39 is 0 Å². The number of carbonyl (C=O) groups excluding carboxylic acids is 2. The molecule has 1 saturated carbocycles. The van der Waals surface area contributed by atoms with E-state index in [-0.39, 0.29) is 17.7 Å². The fraction of sp³-hybridized carbons (Fsp3) is 0.833. The lowest BCUT2D eigenvalue weighted by molar-refractivity contribution is -0.200. The molecule has 90 valence electrons. The smallest absolute Gasteiger partial charge is 0.328 e. The first kappa shape index (κ1) is 11.6. The van der Waals surface area contributed by atoms with Crippen LogP contribution in [0.25, 0.3) is 0 Å². The number of hydrogen-bond donors (Lipinski definition) is 0. The first-order chi connectivity index (χ1) is 7.75. The molecule has 2 rings (SSSR count). The quantitative estimate of drug-likeness (QED) is 0.717. The van der Waals surface area contributed by atoms with Gasteiger partial charge in [0.1, 0.15) is 5.78 Å². The van der Waals surface area contributed by atoms with Crippen molar-refractivity contribution in [3.63, 3.8) is 0 Å². The standard InChI is InChI=1S/C12H19NO3/c14-11-6-8-13(9-7-11)16-12(15)10-4-2-1-3-5-10/h10H,1-9H2. The van der Waals surface area contributed by atoms with E-state index in [4.69, 9.17) is 4.84 Å². The molecule has 0 aromatic heterocycles. The Morgan fingerprint density at radius 1 is 1.12 bits per heavy atom. The largest absolute Gasteiger partial charge is 0.368 e. The Kier molecular flexibility index (Phi) is 3.93. The van der Waals surface area contributed by atoms with Crippen molar-refractivity contribution >= 4 is 11.8 Å². The number of rotatable bonds is 2. The van der Waals surface area contributed by atoms with E-state index in [0.717, 1.165) is 25.7 Å². The van der Waals surface area contributed by atoms with Gasteiger partial charge in [-0.3, -0.25) is 9.59 Å². The summed E-state index contributed by atoms with van der Waals surface area (Å²) < 4.78 is 0. The summed E-state index contributed by atoms with van der Waals surface area (Å²) in [6.45, 7) is 1.13. The maximum absolute atomic E-state index is 11.8. The van der Waals surface area contributed by atoms with Crippen molar-refractivity contribution < 1.29 is 14.4 Å². The summed E-state index contributed by atoms with van der Waals surface area (Å²) in [5.74, 6) is 0.269. The van der Waals surface area contributed by atoms with Gasteiger partial charge in [-0.2, -0.15) is 0 Å². The minimum absolute atomic E-state index is 0.0888.